The van der Waals surface area contributed by atoms with E-state index < -0.39 is 14.6 Å². The third kappa shape index (κ3) is 3.59. The van der Waals surface area contributed by atoms with Gasteiger partial charge in [0.25, 0.3) is 10.0 Å². The van der Waals surface area contributed by atoms with Crippen molar-refractivity contribution in [3.05, 3.63) is 0 Å². The first kappa shape index (κ1) is 15.5. The van der Waals surface area contributed by atoms with Gasteiger partial charge in [0.1, 0.15) is 0 Å². The van der Waals surface area contributed by atoms with Gasteiger partial charge in [0.15, 0.2) is 0 Å². The van der Waals surface area contributed by atoms with Gasteiger partial charge in [0.05, 0.1) is 0 Å². The van der Waals surface area contributed by atoms with Gasteiger partial charge in [-0.05, 0) is 25.7 Å². The van der Waals surface area contributed by atoms with Gasteiger partial charge in [-0.2, -0.15) is 13.1 Å². The number of rotatable bonds is 4. The predicted octanol–water partition coefficient (Wildman–Crippen LogP) is 2.49. The van der Waals surface area contributed by atoms with Gasteiger partial charge >= 0.3 is 4.59 Å². The number of hydrogen-bond donors (Lipinski definition) is 0. The fourth-order valence-electron chi connectivity index (χ4n) is 2.41. The number of halogens is 2. The molecule has 2 heterocycles. The number of nitrogens with zero attached hydrogens (tertiary/aromatic N) is 2. The minimum absolute atomic E-state index is 0.194. The van der Waals surface area contributed by atoms with E-state index in [1.165, 1.54) is 4.31 Å². The molecule has 112 valence electrons. The van der Waals surface area contributed by atoms with Crippen LogP contribution in [0, 0.1) is 0 Å². The summed E-state index contributed by atoms with van der Waals surface area (Å²) in [6, 6.07) is 0. The predicted molar refractivity (Wildman–Crippen MR) is 72.3 cm³/mol. The van der Waals surface area contributed by atoms with Gasteiger partial charge in [-0.25, -0.2) is 12.7 Å². The molecule has 0 radical (unpaired) electrons. The monoisotopic (exact) mass is 314 g/mol. The Balaban J connectivity index is 2.03. The van der Waals surface area contributed by atoms with E-state index >= 15 is 0 Å². The summed E-state index contributed by atoms with van der Waals surface area (Å²) in [5, 5.41) is 0. The highest BCUT2D eigenvalue weighted by Crippen LogP contribution is 2.40. The maximum absolute atomic E-state index is 14.1. The number of alkyl halides is 2. The van der Waals surface area contributed by atoms with Crippen molar-refractivity contribution in [2.24, 2.45) is 0 Å². The molecule has 2 rings (SSSR count). The molecule has 2 fully saturated rings. The zero-order chi connectivity index (χ0) is 13.9. The summed E-state index contributed by atoms with van der Waals surface area (Å²) in [5.41, 5.74) is 0. The third-order valence-corrected chi connectivity index (χ3v) is 6.84. The zero-order valence-corrected chi connectivity index (χ0v) is 12.5. The van der Waals surface area contributed by atoms with Gasteiger partial charge < -0.3 is 0 Å². The highest BCUT2D eigenvalue weighted by Gasteiger charge is 2.51. The van der Waals surface area contributed by atoms with E-state index in [9.17, 15) is 17.2 Å². The lowest BCUT2D eigenvalue weighted by Gasteiger charge is -2.33. The van der Waals surface area contributed by atoms with E-state index in [2.05, 4.69) is 0 Å². The van der Waals surface area contributed by atoms with Gasteiger partial charge in [-0.3, -0.25) is 0 Å². The molecule has 4 nitrogen and oxygen atoms in total. The first-order valence-electron chi connectivity index (χ1n) is 6.75. The first-order valence-corrected chi connectivity index (χ1v) is 8.96. The zero-order valence-electron chi connectivity index (χ0n) is 10.9. The van der Waals surface area contributed by atoms with Gasteiger partial charge in [-0.1, -0.05) is 12.8 Å². The Morgan fingerprint density at radius 2 is 1.32 bits per heavy atom. The van der Waals surface area contributed by atoms with Crippen molar-refractivity contribution in [1.82, 2.24) is 8.61 Å². The molecule has 0 N–H and O–H groups in total. The average Bonchev–Trinajstić information content (AvgIpc) is 2.40. The average molecular weight is 314 g/mol. The van der Waals surface area contributed by atoms with Crippen molar-refractivity contribution >= 4 is 22.0 Å². The summed E-state index contributed by atoms with van der Waals surface area (Å²) >= 11 is 0.194. The summed E-state index contributed by atoms with van der Waals surface area (Å²) in [6.07, 6.45) is 4.99. The summed E-state index contributed by atoms with van der Waals surface area (Å²) < 4.78 is 50.8. The smallest absolute Gasteiger partial charge is 0.245 e. The Kier molecular flexibility index (Phi) is 5.08. The Bertz CT molecular complexity index is 391. The second-order valence-electron chi connectivity index (χ2n) is 5.01. The molecule has 19 heavy (non-hydrogen) atoms. The van der Waals surface area contributed by atoms with Crippen molar-refractivity contribution in [3.8, 4) is 0 Å². The minimum atomic E-state index is -4.54. The van der Waals surface area contributed by atoms with Gasteiger partial charge in [-0.15, -0.1) is 0 Å². The van der Waals surface area contributed by atoms with Gasteiger partial charge in [0, 0.05) is 38.1 Å². The molecule has 0 saturated carbocycles. The lowest BCUT2D eigenvalue weighted by Crippen LogP contribution is -2.45. The van der Waals surface area contributed by atoms with Crippen LogP contribution < -0.4 is 0 Å². The minimum Gasteiger partial charge on any atom is -0.245 e. The summed E-state index contributed by atoms with van der Waals surface area (Å²) in [5.74, 6) is 0. The van der Waals surface area contributed by atoms with Crippen LogP contribution in [0.3, 0.4) is 0 Å². The molecular formula is C11H20F2N2O2S2. The van der Waals surface area contributed by atoms with Crippen LogP contribution in [0.2, 0.25) is 0 Å². The first-order chi connectivity index (χ1) is 8.93. The number of sulfonamides is 1. The van der Waals surface area contributed by atoms with Crippen LogP contribution in [-0.2, 0) is 10.0 Å². The maximum Gasteiger partial charge on any atom is 0.420 e. The highest BCUT2D eigenvalue weighted by molar-refractivity contribution is 8.12. The molecule has 0 aliphatic carbocycles. The highest BCUT2D eigenvalue weighted by atomic mass is 32.3. The molecule has 2 aliphatic heterocycles. The molecule has 8 heteroatoms. The fraction of sp³-hybridized carbons (Fsp3) is 1.00. The van der Waals surface area contributed by atoms with E-state index in [0.717, 1.165) is 30.0 Å². The molecular weight excluding hydrogens is 294 g/mol. The van der Waals surface area contributed by atoms with Crippen LogP contribution in [0.4, 0.5) is 8.78 Å². The summed E-state index contributed by atoms with van der Waals surface area (Å²) in [4.78, 5) is 0. The molecule has 2 saturated heterocycles. The van der Waals surface area contributed by atoms with E-state index in [4.69, 9.17) is 0 Å². The van der Waals surface area contributed by atoms with Crippen molar-refractivity contribution < 1.29 is 17.2 Å². The van der Waals surface area contributed by atoms with Crippen molar-refractivity contribution in [3.63, 3.8) is 0 Å². The number of hydrogen-bond acceptors (Lipinski definition) is 4. The standard InChI is InChI=1S/C11H20F2N2O2S2/c12-11(13,18-14-7-3-1-4-8-14)19(16,17)15-9-5-2-6-10-15/h1-10H2. The maximum atomic E-state index is 14.1. The molecule has 0 spiro atoms. The molecule has 0 aromatic carbocycles. The Labute approximate surface area is 117 Å². The largest absolute Gasteiger partial charge is 0.420 e. The topological polar surface area (TPSA) is 40.6 Å². The van der Waals surface area contributed by atoms with Crippen LogP contribution in [0.25, 0.3) is 0 Å². The van der Waals surface area contributed by atoms with Crippen LogP contribution in [0.5, 0.6) is 0 Å². The van der Waals surface area contributed by atoms with Crippen molar-refractivity contribution in [2.75, 3.05) is 26.2 Å². The SMILES string of the molecule is O=S(=O)(N1CCCCC1)C(F)(F)SN1CCCCC1. The van der Waals surface area contributed by atoms with E-state index in [-0.39, 0.29) is 25.0 Å². The molecule has 0 unspecified atom stereocenters. The lowest BCUT2D eigenvalue weighted by atomic mass is 10.2. The van der Waals surface area contributed by atoms with Crippen LogP contribution in [0.15, 0.2) is 0 Å². The summed E-state index contributed by atoms with van der Waals surface area (Å²) in [7, 11) is -4.54. The molecule has 0 bridgehead atoms. The molecule has 2 aliphatic rings. The van der Waals surface area contributed by atoms with Crippen LogP contribution in [0.1, 0.15) is 38.5 Å². The third-order valence-electron chi connectivity index (χ3n) is 3.51. The van der Waals surface area contributed by atoms with Crippen LogP contribution in [-0.4, -0.2) is 47.8 Å². The summed E-state index contributed by atoms with van der Waals surface area (Å²) in [6.45, 7) is 1.52. The van der Waals surface area contributed by atoms with Crippen molar-refractivity contribution in [2.45, 2.75) is 43.1 Å². The van der Waals surface area contributed by atoms with Crippen LogP contribution >= 0.6 is 11.9 Å². The Morgan fingerprint density at radius 3 is 1.84 bits per heavy atom. The quantitative estimate of drug-likeness (QED) is 0.748. The van der Waals surface area contributed by atoms with E-state index in [0.29, 0.717) is 25.9 Å². The molecule has 0 amide bonds. The Hall–Kier alpha value is 0.0800. The fourth-order valence-corrected chi connectivity index (χ4v) is 5.20. The normalized spacial score (nSPS) is 24.5. The van der Waals surface area contributed by atoms with Gasteiger partial charge in [0.2, 0.25) is 0 Å². The lowest BCUT2D eigenvalue weighted by molar-refractivity contribution is 0.171. The number of piperidine rings is 2. The molecule has 0 aromatic heterocycles. The second-order valence-corrected chi connectivity index (χ2v) is 8.46. The molecule has 0 atom stereocenters. The Morgan fingerprint density at radius 1 is 0.842 bits per heavy atom. The molecule has 0 aromatic rings. The van der Waals surface area contributed by atoms with E-state index in [1.807, 2.05) is 0 Å². The second kappa shape index (κ2) is 6.24. The van der Waals surface area contributed by atoms with Crippen molar-refractivity contribution in [1.29, 1.82) is 0 Å². The van der Waals surface area contributed by atoms with E-state index in [1.54, 1.807) is 0 Å².